The molecule has 0 bridgehead atoms. The fourth-order valence-electron chi connectivity index (χ4n) is 12.0. The maximum atomic E-state index is 15.9. The Balaban J connectivity index is 0.930. The Hall–Kier alpha value is -7.25. The summed E-state index contributed by atoms with van der Waals surface area (Å²) in [6.07, 6.45) is 6.14. The molecule has 0 unspecified atom stereocenters. The van der Waals surface area contributed by atoms with Crippen molar-refractivity contribution in [1.29, 1.82) is 5.26 Å². The lowest BCUT2D eigenvalue weighted by Crippen LogP contribution is -2.51. The van der Waals surface area contributed by atoms with Crippen molar-refractivity contribution < 1.29 is 33.4 Å². The van der Waals surface area contributed by atoms with Gasteiger partial charge >= 0.3 is 0 Å². The number of likely N-dealkylation sites (tertiary alicyclic amines) is 1. The molecule has 1 spiro atoms. The van der Waals surface area contributed by atoms with Gasteiger partial charge in [0.15, 0.2) is 0 Å². The summed E-state index contributed by atoms with van der Waals surface area (Å²) in [6.45, 7) is 11.9. The van der Waals surface area contributed by atoms with Gasteiger partial charge in [0.05, 0.1) is 30.9 Å². The van der Waals surface area contributed by atoms with Crippen molar-refractivity contribution in [3.63, 3.8) is 0 Å². The molecule has 1 aliphatic carbocycles. The molecule has 3 amide bonds. The number of nitriles is 1. The molecule has 3 fully saturated rings. The first-order chi connectivity index (χ1) is 36.8. The van der Waals surface area contributed by atoms with Gasteiger partial charge in [-0.25, -0.2) is 4.39 Å². The van der Waals surface area contributed by atoms with Gasteiger partial charge in [0.2, 0.25) is 5.91 Å². The minimum absolute atomic E-state index is 0.0521. The molecular weight excluding hydrogens is 960 g/mol. The second kappa shape index (κ2) is 21.1. The molecule has 1 atom stereocenters. The number of halogens is 1. The van der Waals surface area contributed by atoms with Crippen LogP contribution in [0, 0.1) is 36.4 Å². The lowest BCUT2D eigenvalue weighted by molar-refractivity contribution is -0.131. The van der Waals surface area contributed by atoms with E-state index < -0.39 is 5.82 Å². The Morgan fingerprint density at radius 1 is 0.803 bits per heavy atom. The first-order valence-electron chi connectivity index (χ1n) is 26.9. The molecule has 394 valence electrons. The molecule has 0 radical (unpaired) electrons. The number of fused-ring (bicyclic) bond motifs is 2. The van der Waals surface area contributed by atoms with Crippen molar-refractivity contribution in [2.75, 3.05) is 70.5 Å². The summed E-state index contributed by atoms with van der Waals surface area (Å²) in [7, 11) is 3.70. The number of amides is 3. The smallest absolute Gasteiger partial charge is 0.264 e. The van der Waals surface area contributed by atoms with Crippen LogP contribution in [0.5, 0.6) is 11.5 Å². The number of nitrogens with zero attached hydrogens (tertiary/aromatic N) is 8. The standard InChI is InChI=1S/C61H67FN8O6/c1-40-52(60(74)70(47-10-12-50(71)13-11-47)56-33-48(36-63)64(3)41(56)2)35-57(65(40)4)53-30-43-15-20-68(58(72)32-44-9-14-51(34-55(44)62)76-28-25-66-23-26-75-27-24-66)37-46(43)31-54(53)59(73)69-38-45-8-6-5-7-42(45)29-49(69)39-67-21-18-61(16-17-61)19-22-67/h5-14,30-31,33-35,49,71H,15-29,32,37-39H2,1-4H3/t49-/m0/s1. The lowest BCUT2D eigenvalue weighted by atomic mass is 9.88. The maximum absolute atomic E-state index is 15.9. The number of phenols is 1. The number of carbonyl (C=O) groups is 3. The maximum Gasteiger partial charge on any atom is 0.264 e. The summed E-state index contributed by atoms with van der Waals surface area (Å²) in [6, 6.07) is 29.3. The first-order valence-corrected chi connectivity index (χ1v) is 26.9. The summed E-state index contributed by atoms with van der Waals surface area (Å²) < 4.78 is 30.7. The number of hydrogen-bond acceptors (Lipinski definition) is 9. The molecule has 1 saturated carbocycles. The van der Waals surface area contributed by atoms with Crippen LogP contribution in [0.1, 0.15) is 91.3 Å². The SMILES string of the molecule is Cc1c(N(C(=O)c2cc(-c3cc4c(cc3C(=O)N3Cc5ccccc5C[C@H]3CN3CCC5(CC3)CC5)CN(C(=O)Cc3ccc(OCCN5CCOCC5)cc3F)CC4)n(C)c2C)c2ccc(O)cc2)cc(C#N)n1C. The highest BCUT2D eigenvalue weighted by atomic mass is 19.1. The zero-order valence-corrected chi connectivity index (χ0v) is 44.1. The van der Waals surface area contributed by atoms with Crippen molar-refractivity contribution in [2.24, 2.45) is 19.5 Å². The molecule has 1 N–H and O–H groups in total. The van der Waals surface area contributed by atoms with E-state index in [0.29, 0.717) is 113 Å². The van der Waals surface area contributed by atoms with Gasteiger partial charge in [-0.05, 0) is 153 Å². The quantitative estimate of drug-likeness (QED) is 0.121. The molecule has 76 heavy (non-hydrogen) atoms. The van der Waals surface area contributed by atoms with E-state index in [0.717, 1.165) is 55.8 Å². The topological polar surface area (TPSA) is 140 Å². The van der Waals surface area contributed by atoms with Crippen molar-refractivity contribution in [1.82, 2.24) is 28.7 Å². The number of anilines is 2. The number of benzene rings is 4. The van der Waals surface area contributed by atoms with Crippen LogP contribution >= 0.6 is 0 Å². The van der Waals surface area contributed by atoms with Gasteiger partial charge in [-0.3, -0.25) is 24.2 Å². The zero-order chi connectivity index (χ0) is 52.8. The summed E-state index contributed by atoms with van der Waals surface area (Å²) in [5, 5.41) is 20.3. The predicted octanol–water partition coefficient (Wildman–Crippen LogP) is 8.62. The summed E-state index contributed by atoms with van der Waals surface area (Å²) in [4.78, 5) is 55.5. The second-order valence-electron chi connectivity index (χ2n) is 21.7. The molecule has 2 aromatic heterocycles. The predicted molar refractivity (Wildman–Crippen MR) is 288 cm³/mol. The third-order valence-corrected chi connectivity index (χ3v) is 17.3. The Bertz CT molecular complexity index is 3240. The molecule has 11 rings (SSSR count). The van der Waals surface area contributed by atoms with E-state index >= 15 is 14.0 Å². The number of ether oxygens (including phenoxy) is 2. The van der Waals surface area contributed by atoms with E-state index in [1.54, 1.807) is 51.7 Å². The minimum atomic E-state index is -0.492. The summed E-state index contributed by atoms with van der Waals surface area (Å²) >= 11 is 0. The number of carbonyl (C=O) groups excluding carboxylic acids is 3. The minimum Gasteiger partial charge on any atom is -0.508 e. The van der Waals surface area contributed by atoms with Gasteiger partial charge < -0.3 is 38.4 Å². The van der Waals surface area contributed by atoms with Gasteiger partial charge in [0, 0.05) is 106 Å². The number of piperidine rings is 1. The van der Waals surface area contributed by atoms with Crippen molar-refractivity contribution >= 4 is 29.1 Å². The normalized spacial score (nSPS) is 18.2. The highest BCUT2D eigenvalue weighted by Gasteiger charge is 2.45. The zero-order valence-electron chi connectivity index (χ0n) is 44.1. The average molecular weight is 1030 g/mol. The van der Waals surface area contributed by atoms with Crippen LogP contribution in [0.2, 0.25) is 0 Å². The van der Waals surface area contributed by atoms with Gasteiger partial charge in [-0.1, -0.05) is 30.3 Å². The molecule has 6 aromatic rings. The van der Waals surface area contributed by atoms with Crippen LogP contribution < -0.4 is 9.64 Å². The molecule has 15 heteroatoms. The lowest BCUT2D eigenvalue weighted by Gasteiger charge is -2.42. The molecule has 6 heterocycles. The van der Waals surface area contributed by atoms with E-state index in [2.05, 4.69) is 45.0 Å². The van der Waals surface area contributed by atoms with Crippen molar-refractivity contribution in [2.45, 2.75) is 77.9 Å². The second-order valence-corrected chi connectivity index (χ2v) is 21.7. The number of morpholine rings is 1. The molecular formula is C61H67FN8O6. The Morgan fingerprint density at radius 2 is 1.55 bits per heavy atom. The van der Waals surface area contributed by atoms with Crippen LogP contribution in [-0.4, -0.2) is 123 Å². The highest BCUT2D eigenvalue weighted by Crippen LogP contribution is 2.53. The third-order valence-electron chi connectivity index (χ3n) is 17.3. The van der Waals surface area contributed by atoms with Crippen molar-refractivity contribution in [3.05, 3.63) is 153 Å². The Kier molecular flexibility index (Phi) is 14.1. The number of hydrogen-bond donors (Lipinski definition) is 1. The molecule has 4 aromatic carbocycles. The van der Waals surface area contributed by atoms with Crippen LogP contribution in [0.25, 0.3) is 11.3 Å². The summed E-state index contributed by atoms with van der Waals surface area (Å²) in [5.41, 5.74) is 10.1. The third kappa shape index (κ3) is 10.1. The molecule has 5 aliphatic rings. The van der Waals surface area contributed by atoms with Gasteiger partial charge in [0.25, 0.3) is 11.8 Å². The molecule has 4 aliphatic heterocycles. The van der Waals surface area contributed by atoms with Crippen molar-refractivity contribution in [3.8, 4) is 28.8 Å². The number of aromatic hydroxyl groups is 1. The monoisotopic (exact) mass is 1030 g/mol. The average Bonchev–Trinajstić information content (AvgIpc) is 4.09. The fourth-order valence-corrected chi connectivity index (χ4v) is 12.0. The Labute approximate surface area is 444 Å². The first kappa shape index (κ1) is 50.9. The van der Waals surface area contributed by atoms with Crippen LogP contribution in [-0.2, 0) is 56.0 Å². The van der Waals surface area contributed by atoms with E-state index in [1.807, 2.05) is 43.7 Å². The van der Waals surface area contributed by atoms with Crippen LogP contribution in [0.4, 0.5) is 15.8 Å². The van der Waals surface area contributed by atoms with E-state index in [-0.39, 0.29) is 42.5 Å². The van der Waals surface area contributed by atoms with Gasteiger partial charge in [-0.15, -0.1) is 0 Å². The Morgan fingerprint density at radius 3 is 2.26 bits per heavy atom. The van der Waals surface area contributed by atoms with E-state index in [1.165, 1.54) is 49.4 Å². The van der Waals surface area contributed by atoms with E-state index in [9.17, 15) is 15.2 Å². The van der Waals surface area contributed by atoms with Crippen LogP contribution in [0.3, 0.4) is 0 Å². The van der Waals surface area contributed by atoms with Gasteiger partial charge in [0.1, 0.15) is 35.7 Å². The summed E-state index contributed by atoms with van der Waals surface area (Å²) in [5.74, 6) is -0.686. The molecule has 14 nitrogen and oxygen atoms in total. The molecule has 2 saturated heterocycles. The fraction of sp³-hybridized carbons (Fsp3) is 0.410. The number of aromatic nitrogens is 2. The highest BCUT2D eigenvalue weighted by molar-refractivity contribution is 6.13. The van der Waals surface area contributed by atoms with Gasteiger partial charge in [-0.2, -0.15) is 5.26 Å². The van der Waals surface area contributed by atoms with E-state index in [4.69, 9.17) is 9.47 Å². The largest absolute Gasteiger partial charge is 0.508 e. The number of rotatable bonds is 13. The number of phenolic OH excluding ortho intramolecular Hbond substituents is 1. The van der Waals surface area contributed by atoms with Crippen LogP contribution in [0.15, 0.2) is 91.0 Å².